The third kappa shape index (κ3) is 3.43. The van der Waals surface area contributed by atoms with E-state index in [1.807, 2.05) is 60.5 Å². The zero-order valence-electron chi connectivity index (χ0n) is 15.6. The van der Waals surface area contributed by atoms with Crippen molar-refractivity contribution in [2.24, 2.45) is 0 Å². The highest BCUT2D eigenvalue weighted by Gasteiger charge is 2.28. The summed E-state index contributed by atoms with van der Waals surface area (Å²) in [4.78, 5) is 26.0. The molecule has 0 saturated carbocycles. The largest absolute Gasteiger partial charge is 0.484 e. The topological polar surface area (TPSA) is 58.6 Å². The van der Waals surface area contributed by atoms with Crippen molar-refractivity contribution in [2.75, 3.05) is 36.5 Å². The van der Waals surface area contributed by atoms with Gasteiger partial charge in [0.05, 0.1) is 11.0 Å². The van der Waals surface area contributed by atoms with E-state index < -0.39 is 0 Å². The molecule has 6 nitrogen and oxygen atoms in total. The lowest BCUT2D eigenvalue weighted by Gasteiger charge is -2.33. The van der Waals surface area contributed by atoms with Gasteiger partial charge in [0.15, 0.2) is 18.2 Å². The van der Waals surface area contributed by atoms with Crippen LogP contribution in [-0.4, -0.2) is 42.6 Å². The maximum Gasteiger partial charge on any atom is 0.266 e. The molecule has 0 radical (unpaired) electrons. The first kappa shape index (κ1) is 17.3. The van der Waals surface area contributed by atoms with Crippen molar-refractivity contribution in [2.45, 2.75) is 13.3 Å². The lowest BCUT2D eigenvalue weighted by atomic mass is 10.2. The molecule has 6 heteroatoms. The van der Waals surface area contributed by atoms with E-state index in [1.54, 1.807) is 4.90 Å². The molecule has 27 heavy (non-hydrogen) atoms. The minimum Gasteiger partial charge on any atom is -0.484 e. The van der Waals surface area contributed by atoms with E-state index in [2.05, 4.69) is 6.92 Å². The average Bonchev–Trinajstić information content (AvgIpc) is 2.71. The van der Waals surface area contributed by atoms with Gasteiger partial charge in [0.25, 0.3) is 5.91 Å². The quantitative estimate of drug-likeness (QED) is 0.714. The number of carbonyl (C=O) groups is 1. The van der Waals surface area contributed by atoms with Crippen molar-refractivity contribution in [3.63, 3.8) is 0 Å². The van der Waals surface area contributed by atoms with Gasteiger partial charge in [-0.25, -0.2) is 9.97 Å². The van der Waals surface area contributed by atoms with Gasteiger partial charge in [0.2, 0.25) is 0 Å². The van der Waals surface area contributed by atoms with Gasteiger partial charge in [0, 0.05) is 20.1 Å². The third-order valence-electron chi connectivity index (χ3n) is 4.78. The molecular formula is C21H22N4O2. The van der Waals surface area contributed by atoms with Crippen molar-refractivity contribution < 1.29 is 9.53 Å². The highest BCUT2D eigenvalue weighted by atomic mass is 16.5. The van der Waals surface area contributed by atoms with Gasteiger partial charge < -0.3 is 9.64 Å². The Hall–Kier alpha value is -3.15. The van der Waals surface area contributed by atoms with Crippen LogP contribution in [0.15, 0.2) is 48.5 Å². The molecule has 0 bridgehead atoms. The molecular weight excluding hydrogens is 340 g/mol. The predicted molar refractivity (Wildman–Crippen MR) is 106 cm³/mol. The first-order valence-corrected chi connectivity index (χ1v) is 9.15. The zero-order chi connectivity index (χ0) is 18.8. The number of likely N-dealkylation sites (N-methyl/N-ethyl adjacent to an activating group) is 1. The summed E-state index contributed by atoms with van der Waals surface area (Å²) in [7, 11) is 1.97. The van der Waals surface area contributed by atoms with Crippen LogP contribution in [0.2, 0.25) is 0 Å². The second-order valence-corrected chi connectivity index (χ2v) is 6.62. The molecule has 0 N–H and O–H groups in total. The molecule has 0 aliphatic carbocycles. The predicted octanol–water partition coefficient (Wildman–Crippen LogP) is 3.05. The summed E-state index contributed by atoms with van der Waals surface area (Å²) in [5.74, 6) is 1.91. The van der Waals surface area contributed by atoms with Crippen LogP contribution in [0.25, 0.3) is 11.0 Å². The van der Waals surface area contributed by atoms with Gasteiger partial charge in [-0.1, -0.05) is 31.2 Å². The third-order valence-corrected chi connectivity index (χ3v) is 4.78. The number of carbonyl (C=O) groups excluding carboxylic acids is 1. The van der Waals surface area contributed by atoms with Crippen LogP contribution in [0.5, 0.6) is 5.75 Å². The summed E-state index contributed by atoms with van der Waals surface area (Å²) in [6.07, 6.45) is 0.930. The summed E-state index contributed by atoms with van der Waals surface area (Å²) in [5, 5.41) is 0. The molecule has 2 heterocycles. The number of hydrogen-bond acceptors (Lipinski definition) is 5. The van der Waals surface area contributed by atoms with E-state index in [-0.39, 0.29) is 12.5 Å². The van der Waals surface area contributed by atoms with E-state index in [4.69, 9.17) is 14.7 Å². The van der Waals surface area contributed by atoms with Crippen LogP contribution in [0.4, 0.5) is 11.6 Å². The minimum absolute atomic E-state index is 0.0230. The fourth-order valence-electron chi connectivity index (χ4n) is 3.20. The fraction of sp³-hybridized carbons (Fsp3) is 0.286. The molecule has 1 aromatic heterocycles. The summed E-state index contributed by atoms with van der Waals surface area (Å²) in [5.41, 5.74) is 2.79. The molecule has 2 aromatic carbocycles. The monoisotopic (exact) mass is 362 g/mol. The molecule has 1 amide bonds. The average molecular weight is 362 g/mol. The summed E-state index contributed by atoms with van der Waals surface area (Å²) >= 11 is 0. The molecule has 1 aliphatic rings. The molecule has 0 spiro atoms. The zero-order valence-corrected chi connectivity index (χ0v) is 15.6. The normalized spacial score (nSPS) is 13.6. The molecule has 3 aromatic rings. The number of ether oxygens (including phenoxy) is 1. The minimum atomic E-state index is -0.115. The first-order chi connectivity index (χ1) is 13.2. The van der Waals surface area contributed by atoms with Crippen LogP contribution in [0.3, 0.4) is 0 Å². The molecule has 138 valence electrons. The Morgan fingerprint density at radius 3 is 2.52 bits per heavy atom. The van der Waals surface area contributed by atoms with Gasteiger partial charge in [-0.3, -0.25) is 9.69 Å². The Morgan fingerprint density at radius 2 is 1.78 bits per heavy atom. The van der Waals surface area contributed by atoms with E-state index >= 15 is 0 Å². The van der Waals surface area contributed by atoms with Crippen LogP contribution in [0, 0.1) is 0 Å². The summed E-state index contributed by atoms with van der Waals surface area (Å²) < 4.78 is 5.74. The highest BCUT2D eigenvalue weighted by molar-refractivity contribution is 5.98. The molecule has 0 atom stereocenters. The lowest BCUT2D eigenvalue weighted by Crippen LogP contribution is -2.45. The number of nitrogens with zero attached hydrogens (tertiary/aromatic N) is 4. The van der Waals surface area contributed by atoms with Crippen molar-refractivity contribution in [1.29, 1.82) is 0 Å². The van der Waals surface area contributed by atoms with Crippen molar-refractivity contribution in [3.05, 3.63) is 54.1 Å². The van der Waals surface area contributed by atoms with Crippen LogP contribution < -0.4 is 14.5 Å². The van der Waals surface area contributed by atoms with Crippen molar-refractivity contribution >= 4 is 28.6 Å². The second kappa shape index (κ2) is 7.23. The number of anilines is 2. The smallest absolute Gasteiger partial charge is 0.266 e. The Morgan fingerprint density at radius 1 is 1.04 bits per heavy atom. The Bertz CT molecular complexity index is 989. The van der Waals surface area contributed by atoms with Gasteiger partial charge in [-0.05, 0) is 36.2 Å². The Balaban J connectivity index is 1.58. The molecule has 4 rings (SSSR count). The number of fused-ring (bicyclic) bond motifs is 2. The molecule has 0 fully saturated rings. The Kier molecular flexibility index (Phi) is 4.62. The number of amides is 1. The second-order valence-electron chi connectivity index (χ2n) is 6.62. The standard InChI is InChI=1S/C21H22N4O2/c1-3-15-7-6-8-16(13-15)27-14-19(26)25-12-11-24(2)20-21(25)23-18-10-5-4-9-17(18)22-20/h4-10,13H,3,11-12,14H2,1-2H3. The number of para-hydroxylation sites is 2. The van der Waals surface area contributed by atoms with E-state index in [1.165, 1.54) is 5.56 Å². The number of aromatic nitrogens is 2. The summed E-state index contributed by atoms with van der Waals surface area (Å²) in [6.45, 7) is 3.34. The summed E-state index contributed by atoms with van der Waals surface area (Å²) in [6, 6.07) is 15.5. The van der Waals surface area contributed by atoms with Crippen LogP contribution >= 0.6 is 0 Å². The Labute approximate surface area is 158 Å². The first-order valence-electron chi connectivity index (χ1n) is 9.15. The maximum atomic E-state index is 12.8. The van der Waals surface area contributed by atoms with Gasteiger partial charge in [0.1, 0.15) is 5.75 Å². The molecule has 0 saturated heterocycles. The number of benzene rings is 2. The van der Waals surface area contributed by atoms with Gasteiger partial charge in [-0.15, -0.1) is 0 Å². The number of hydrogen-bond donors (Lipinski definition) is 0. The highest BCUT2D eigenvalue weighted by Crippen LogP contribution is 2.30. The van der Waals surface area contributed by atoms with Crippen molar-refractivity contribution in [3.8, 4) is 5.75 Å². The fourth-order valence-corrected chi connectivity index (χ4v) is 3.20. The molecule has 1 aliphatic heterocycles. The molecule has 0 unspecified atom stereocenters. The van der Waals surface area contributed by atoms with Gasteiger partial charge in [-0.2, -0.15) is 0 Å². The van der Waals surface area contributed by atoms with Crippen LogP contribution in [0.1, 0.15) is 12.5 Å². The lowest BCUT2D eigenvalue weighted by molar-refractivity contribution is -0.120. The van der Waals surface area contributed by atoms with E-state index in [0.717, 1.165) is 23.3 Å². The van der Waals surface area contributed by atoms with E-state index in [0.29, 0.717) is 24.7 Å². The SMILES string of the molecule is CCc1cccc(OCC(=O)N2CCN(C)c3nc4ccccc4nc32)c1. The van der Waals surface area contributed by atoms with Gasteiger partial charge >= 0.3 is 0 Å². The van der Waals surface area contributed by atoms with Crippen molar-refractivity contribution in [1.82, 2.24) is 9.97 Å². The number of rotatable bonds is 4. The maximum absolute atomic E-state index is 12.8. The van der Waals surface area contributed by atoms with E-state index in [9.17, 15) is 4.79 Å². The van der Waals surface area contributed by atoms with Crippen LogP contribution in [-0.2, 0) is 11.2 Å². The number of aryl methyl sites for hydroxylation is 1.